The van der Waals surface area contributed by atoms with Gasteiger partial charge in [-0.25, -0.2) is 4.90 Å². The third-order valence-corrected chi connectivity index (χ3v) is 11.7. The van der Waals surface area contributed by atoms with Gasteiger partial charge >= 0.3 is 0 Å². The molecule has 0 aliphatic carbocycles. The van der Waals surface area contributed by atoms with Crippen LogP contribution in [0.25, 0.3) is 0 Å². The van der Waals surface area contributed by atoms with Crippen LogP contribution in [0.4, 0.5) is 0 Å². The molecule has 0 aromatic heterocycles. The van der Waals surface area contributed by atoms with E-state index in [-0.39, 0.29) is 25.2 Å². The summed E-state index contributed by atoms with van der Waals surface area (Å²) in [6.07, 6.45) is -2.09. The van der Waals surface area contributed by atoms with Crippen LogP contribution in [0.1, 0.15) is 65.8 Å². The van der Waals surface area contributed by atoms with E-state index in [1.54, 1.807) is 24.3 Å². The van der Waals surface area contributed by atoms with Gasteiger partial charge in [-0.15, -0.1) is 0 Å². The van der Waals surface area contributed by atoms with Crippen LogP contribution in [0, 0.1) is 0 Å². The summed E-state index contributed by atoms with van der Waals surface area (Å²) in [5.74, 6) is -0.154. The summed E-state index contributed by atoms with van der Waals surface area (Å²) < 4.78 is 40.4. The molecule has 0 spiro atoms. The predicted octanol–water partition coefficient (Wildman–Crippen LogP) is 10.3. The van der Waals surface area contributed by atoms with Gasteiger partial charge in [-0.1, -0.05) is 170 Å². The summed E-state index contributed by atoms with van der Waals surface area (Å²) in [5, 5.41) is 0. The molecule has 0 bridgehead atoms. The molecule has 1 unspecified atom stereocenters. The number of hydrogen-bond donors (Lipinski definition) is 0. The Bertz CT molecular complexity index is 2570. The highest BCUT2D eigenvalue weighted by Gasteiger charge is 2.49. The van der Waals surface area contributed by atoms with E-state index in [2.05, 4.69) is 72.8 Å². The second kappa shape index (κ2) is 21.3. The molecule has 9 nitrogen and oxygen atoms in total. The summed E-state index contributed by atoms with van der Waals surface area (Å²) in [6, 6.07) is 63.5. The number of ether oxygens (including phenoxy) is 6. The molecule has 0 saturated carbocycles. The number of hydrogen-bond acceptors (Lipinski definition) is 8. The highest BCUT2D eigenvalue weighted by molar-refractivity contribution is 6.21. The van der Waals surface area contributed by atoms with Gasteiger partial charge < -0.3 is 28.4 Å². The van der Waals surface area contributed by atoms with E-state index in [9.17, 15) is 9.59 Å². The average molecular weight is 866 g/mol. The Kier molecular flexibility index (Phi) is 14.3. The summed E-state index contributed by atoms with van der Waals surface area (Å²) in [7, 11) is 0. The Balaban J connectivity index is 0.982. The molecule has 0 radical (unpaired) electrons. The zero-order chi connectivity index (χ0) is 44.2. The van der Waals surface area contributed by atoms with Crippen molar-refractivity contribution in [3.05, 3.63) is 244 Å². The van der Waals surface area contributed by atoms with Gasteiger partial charge in [0.2, 0.25) is 0 Å². The van der Waals surface area contributed by atoms with Gasteiger partial charge in [0.05, 0.1) is 44.2 Å². The monoisotopic (exact) mass is 865 g/mol. The molecular formula is C56H51NO8. The molecular weight excluding hydrogens is 815 g/mol. The number of fused-ring (bicyclic) bond motifs is 1. The van der Waals surface area contributed by atoms with Crippen LogP contribution >= 0.6 is 0 Å². The number of rotatable bonds is 19. The predicted molar refractivity (Wildman–Crippen MR) is 247 cm³/mol. The van der Waals surface area contributed by atoms with Gasteiger partial charge in [0, 0.05) is 0 Å². The first kappa shape index (κ1) is 43.5. The van der Waals surface area contributed by atoms with Gasteiger partial charge in [-0.3, -0.25) is 9.59 Å². The van der Waals surface area contributed by atoms with Crippen LogP contribution in [-0.4, -0.2) is 54.5 Å². The van der Waals surface area contributed by atoms with E-state index in [0.717, 1.165) is 43.8 Å². The van der Waals surface area contributed by atoms with Gasteiger partial charge in [0.15, 0.2) is 6.73 Å². The lowest BCUT2D eigenvalue weighted by Crippen LogP contribution is -2.58. The number of benzene rings is 7. The first-order valence-electron chi connectivity index (χ1n) is 22.1. The van der Waals surface area contributed by atoms with E-state index >= 15 is 0 Å². The second-order valence-corrected chi connectivity index (χ2v) is 16.3. The number of imide groups is 1. The fourth-order valence-corrected chi connectivity index (χ4v) is 8.37. The standard InChI is InChI=1S/C56H51NO8/c58-55-48-26-13-14-27-49(48)56(59)57(55)39-64-47-30-28-40(29-31-47)32-45-24-15-25-46(33-45)51-53(62-36-43-20-9-3-10-21-43)54(63-37-44-22-11-4-12-23-44)52(61-35-42-18-7-2-8-19-42)50(65-51)38-60-34-41-16-5-1-6-17-41/h1-31,33,50-54H,32,34-39H2/t50-,51+,52?,53+,54+/m1/s1. The molecule has 1 saturated heterocycles. The quantitative estimate of drug-likeness (QED) is 0.0743. The Morgan fingerprint density at radius 2 is 0.923 bits per heavy atom. The first-order valence-corrected chi connectivity index (χ1v) is 22.1. The zero-order valence-electron chi connectivity index (χ0n) is 36.0. The van der Waals surface area contributed by atoms with Crippen molar-refractivity contribution in [3.63, 3.8) is 0 Å². The lowest BCUT2D eigenvalue weighted by molar-refractivity contribution is -0.275. The highest BCUT2D eigenvalue weighted by atomic mass is 16.6. The summed E-state index contributed by atoms with van der Waals surface area (Å²) >= 11 is 0. The van der Waals surface area contributed by atoms with Gasteiger partial charge in [-0.05, 0) is 69.6 Å². The van der Waals surface area contributed by atoms with E-state index < -0.39 is 30.5 Å². The third-order valence-electron chi connectivity index (χ3n) is 11.7. The van der Waals surface area contributed by atoms with Gasteiger partial charge in [0.25, 0.3) is 11.8 Å². The molecule has 65 heavy (non-hydrogen) atoms. The molecule has 7 aromatic rings. The Morgan fingerprint density at radius 1 is 0.446 bits per heavy atom. The van der Waals surface area contributed by atoms with Gasteiger partial charge in [-0.2, -0.15) is 0 Å². The van der Waals surface area contributed by atoms with Crippen molar-refractivity contribution in [3.8, 4) is 5.75 Å². The zero-order valence-corrected chi connectivity index (χ0v) is 36.0. The molecule has 2 aliphatic heterocycles. The van der Waals surface area contributed by atoms with E-state index in [1.807, 2.05) is 97.1 Å². The van der Waals surface area contributed by atoms with E-state index in [1.165, 1.54) is 0 Å². The molecule has 5 atom stereocenters. The van der Waals surface area contributed by atoms with Crippen molar-refractivity contribution in [2.75, 3.05) is 13.3 Å². The molecule has 0 N–H and O–H groups in total. The molecule has 328 valence electrons. The molecule has 2 amide bonds. The third kappa shape index (κ3) is 11.0. The van der Waals surface area contributed by atoms with Crippen molar-refractivity contribution < 1.29 is 38.0 Å². The lowest BCUT2D eigenvalue weighted by atomic mass is 9.89. The maximum Gasteiger partial charge on any atom is 0.264 e. The summed E-state index contributed by atoms with van der Waals surface area (Å²) in [6.45, 7) is 1.57. The fraction of sp³-hybridized carbons (Fsp3) is 0.214. The molecule has 1 fully saturated rings. The van der Waals surface area contributed by atoms with E-state index in [0.29, 0.717) is 49.7 Å². The van der Waals surface area contributed by atoms with Crippen molar-refractivity contribution in [1.82, 2.24) is 4.90 Å². The topological polar surface area (TPSA) is 92.8 Å². The largest absolute Gasteiger partial charge is 0.473 e. The van der Waals surface area contributed by atoms with Crippen LogP contribution in [0.15, 0.2) is 194 Å². The summed E-state index contributed by atoms with van der Waals surface area (Å²) in [4.78, 5) is 26.9. The molecule has 9 rings (SSSR count). The molecule has 2 heterocycles. The average Bonchev–Trinajstić information content (AvgIpc) is 3.60. The van der Waals surface area contributed by atoms with Crippen molar-refractivity contribution in [1.29, 1.82) is 0 Å². The normalized spacial score (nSPS) is 19.3. The number of carbonyl (C=O) groups excluding carboxylic acids is 2. The van der Waals surface area contributed by atoms with Crippen LogP contribution in [0.3, 0.4) is 0 Å². The SMILES string of the molecule is O=C1c2ccccc2C(=O)N1COc1ccc(Cc2cccc([C@@H]3O[C@H](COCc4ccccc4)C(OCc4ccccc4)[C@H](OCc4ccccc4)[C@H]3OCc3ccccc3)c2)cc1. The van der Waals surface area contributed by atoms with E-state index in [4.69, 9.17) is 28.4 Å². The highest BCUT2D eigenvalue weighted by Crippen LogP contribution is 2.39. The Morgan fingerprint density at radius 3 is 1.48 bits per heavy atom. The fourth-order valence-electron chi connectivity index (χ4n) is 8.37. The van der Waals surface area contributed by atoms with Gasteiger partial charge in [0.1, 0.15) is 36.3 Å². The maximum atomic E-state index is 12.9. The minimum absolute atomic E-state index is 0.171. The molecule has 7 aromatic carbocycles. The van der Waals surface area contributed by atoms with Crippen LogP contribution < -0.4 is 4.74 Å². The van der Waals surface area contributed by atoms with Crippen LogP contribution in [0.2, 0.25) is 0 Å². The van der Waals surface area contributed by atoms with Crippen molar-refractivity contribution in [2.24, 2.45) is 0 Å². The molecule has 9 heteroatoms. The number of nitrogens with zero attached hydrogens (tertiary/aromatic N) is 1. The van der Waals surface area contributed by atoms with Crippen molar-refractivity contribution >= 4 is 11.8 Å². The summed E-state index contributed by atoms with van der Waals surface area (Å²) in [5.41, 5.74) is 8.05. The smallest absolute Gasteiger partial charge is 0.264 e. The minimum atomic E-state index is -0.570. The van der Waals surface area contributed by atoms with Crippen molar-refractivity contribution in [2.45, 2.75) is 63.4 Å². The lowest BCUT2D eigenvalue weighted by Gasteiger charge is -2.46. The van der Waals surface area contributed by atoms with Crippen LogP contribution in [0.5, 0.6) is 5.75 Å². The Hall–Kier alpha value is -6.72. The number of carbonyl (C=O) groups is 2. The minimum Gasteiger partial charge on any atom is -0.473 e. The van der Waals surface area contributed by atoms with Crippen LogP contribution in [-0.2, 0) is 56.5 Å². The second-order valence-electron chi connectivity index (χ2n) is 16.3. The number of amides is 2. The maximum absolute atomic E-state index is 12.9. The molecule has 2 aliphatic rings. The Labute approximate surface area is 380 Å². The first-order chi connectivity index (χ1) is 32.1.